The Morgan fingerprint density at radius 1 is 0.935 bits per heavy atom. The van der Waals surface area contributed by atoms with Crippen molar-refractivity contribution in [2.75, 3.05) is 45.7 Å². The van der Waals surface area contributed by atoms with E-state index in [0.717, 1.165) is 51.9 Å². The summed E-state index contributed by atoms with van der Waals surface area (Å²) in [7, 11) is 3.19. The summed E-state index contributed by atoms with van der Waals surface area (Å²) in [4.78, 5) is 30.3. The van der Waals surface area contributed by atoms with Gasteiger partial charge in [0.25, 0.3) is 0 Å². The van der Waals surface area contributed by atoms with Crippen molar-refractivity contribution in [1.29, 1.82) is 0 Å². The molecule has 1 heterocycles. The maximum absolute atomic E-state index is 13.4. The van der Waals surface area contributed by atoms with Crippen LogP contribution in [0.3, 0.4) is 0 Å². The first-order valence-corrected chi connectivity index (χ1v) is 11.7. The van der Waals surface area contributed by atoms with E-state index in [2.05, 4.69) is 10.2 Å². The van der Waals surface area contributed by atoms with Gasteiger partial charge in [0, 0.05) is 43.9 Å². The Hall–Kier alpha value is -2.28. The zero-order valence-corrected chi connectivity index (χ0v) is 18.8. The Balaban J connectivity index is 1.43. The molecule has 2 saturated carbocycles. The van der Waals surface area contributed by atoms with E-state index in [1.54, 1.807) is 20.3 Å². The van der Waals surface area contributed by atoms with E-state index in [9.17, 15) is 9.59 Å². The molecule has 3 aliphatic rings. The molecule has 1 saturated heterocycles. The predicted octanol–water partition coefficient (Wildman–Crippen LogP) is 3.15. The first kappa shape index (κ1) is 21.9. The van der Waals surface area contributed by atoms with Crippen molar-refractivity contribution in [2.24, 2.45) is 11.8 Å². The first-order valence-electron chi connectivity index (χ1n) is 11.7. The largest absolute Gasteiger partial charge is 0.493 e. The van der Waals surface area contributed by atoms with Gasteiger partial charge in [0.15, 0.2) is 11.5 Å². The molecule has 1 aromatic carbocycles. The van der Waals surface area contributed by atoms with Gasteiger partial charge < -0.3 is 19.7 Å². The zero-order valence-electron chi connectivity index (χ0n) is 18.8. The van der Waals surface area contributed by atoms with E-state index in [1.165, 1.54) is 19.3 Å². The molecule has 170 valence electrons. The number of benzene rings is 1. The highest BCUT2D eigenvalue weighted by Gasteiger charge is 2.38. The number of ether oxygens (including phenoxy) is 2. The summed E-state index contributed by atoms with van der Waals surface area (Å²) in [6.07, 6.45) is 7.80. The minimum absolute atomic E-state index is 0.0397. The molecule has 0 spiro atoms. The van der Waals surface area contributed by atoms with Gasteiger partial charge in [-0.2, -0.15) is 0 Å². The van der Waals surface area contributed by atoms with Gasteiger partial charge in [0.2, 0.25) is 11.8 Å². The van der Waals surface area contributed by atoms with Crippen LogP contribution < -0.4 is 14.8 Å². The molecule has 0 unspecified atom stereocenters. The second-order valence-corrected chi connectivity index (χ2v) is 9.04. The normalized spacial score (nSPS) is 21.4. The summed E-state index contributed by atoms with van der Waals surface area (Å²) in [5, 5.41) is 3.12. The van der Waals surface area contributed by atoms with Crippen molar-refractivity contribution in [3.63, 3.8) is 0 Å². The fraction of sp³-hybridized carbons (Fsp3) is 0.667. The molecule has 3 fully saturated rings. The van der Waals surface area contributed by atoms with Crippen LogP contribution in [-0.2, 0) is 9.59 Å². The second kappa shape index (κ2) is 9.90. The van der Waals surface area contributed by atoms with Gasteiger partial charge in [-0.05, 0) is 43.7 Å². The highest BCUT2D eigenvalue weighted by Crippen LogP contribution is 2.34. The molecule has 0 radical (unpaired) electrons. The number of carbonyl (C=O) groups excluding carboxylic acids is 2. The Labute approximate surface area is 185 Å². The minimum atomic E-state index is -0.156. The number of amides is 2. The highest BCUT2D eigenvalue weighted by atomic mass is 16.5. The van der Waals surface area contributed by atoms with E-state index in [4.69, 9.17) is 9.47 Å². The molecule has 7 heteroatoms. The van der Waals surface area contributed by atoms with Crippen LogP contribution in [0.1, 0.15) is 44.9 Å². The van der Waals surface area contributed by atoms with Gasteiger partial charge in [-0.1, -0.05) is 19.3 Å². The molecule has 1 atom stereocenters. The summed E-state index contributed by atoms with van der Waals surface area (Å²) in [5.41, 5.74) is 0.712. The van der Waals surface area contributed by atoms with Crippen molar-refractivity contribution < 1.29 is 19.1 Å². The van der Waals surface area contributed by atoms with Crippen molar-refractivity contribution in [3.8, 4) is 11.5 Å². The van der Waals surface area contributed by atoms with Crippen LogP contribution in [0.2, 0.25) is 0 Å². The van der Waals surface area contributed by atoms with Gasteiger partial charge >= 0.3 is 0 Å². The molecule has 7 nitrogen and oxygen atoms in total. The number of hydrogen-bond donors (Lipinski definition) is 1. The van der Waals surface area contributed by atoms with Crippen LogP contribution in [0.4, 0.5) is 5.69 Å². The summed E-state index contributed by atoms with van der Waals surface area (Å²) in [6.45, 7) is 2.97. The number of piperazine rings is 1. The van der Waals surface area contributed by atoms with Gasteiger partial charge in [0.1, 0.15) is 0 Å². The lowest BCUT2D eigenvalue weighted by atomic mass is 9.84. The van der Waals surface area contributed by atoms with Crippen LogP contribution >= 0.6 is 0 Å². The monoisotopic (exact) mass is 429 g/mol. The molecule has 0 bridgehead atoms. The summed E-state index contributed by atoms with van der Waals surface area (Å²) >= 11 is 0. The zero-order chi connectivity index (χ0) is 21.8. The van der Waals surface area contributed by atoms with E-state index in [1.807, 2.05) is 17.0 Å². The van der Waals surface area contributed by atoms with Crippen molar-refractivity contribution >= 4 is 17.5 Å². The fourth-order valence-corrected chi connectivity index (χ4v) is 5.22. The van der Waals surface area contributed by atoms with E-state index in [-0.39, 0.29) is 17.9 Å². The molecular weight excluding hydrogens is 394 g/mol. The third-order valence-corrected chi connectivity index (χ3v) is 7.24. The quantitative estimate of drug-likeness (QED) is 0.721. The number of hydrogen-bond acceptors (Lipinski definition) is 5. The number of nitrogens with one attached hydrogen (secondary N) is 1. The Kier molecular flexibility index (Phi) is 7.00. The lowest BCUT2D eigenvalue weighted by Crippen LogP contribution is -2.57. The molecule has 2 aliphatic carbocycles. The molecular formula is C24H35N3O4. The number of anilines is 1. The number of carbonyl (C=O) groups is 2. The first-order chi connectivity index (χ1) is 15.1. The minimum Gasteiger partial charge on any atom is -0.493 e. The standard InChI is InChI=1S/C24H35N3O4/c1-30-20-11-10-19(16-21(20)31-2)25-23(28)22(17-6-3-4-7-17)26-12-14-27(15-13-26)24(29)18-8-5-9-18/h10-11,16-18,22H,3-9,12-15H2,1-2H3,(H,25,28)/t22-/m0/s1. The predicted molar refractivity (Wildman–Crippen MR) is 119 cm³/mol. The van der Waals surface area contributed by atoms with Crippen LogP contribution in [0.15, 0.2) is 18.2 Å². The van der Waals surface area contributed by atoms with Crippen molar-refractivity contribution in [1.82, 2.24) is 9.80 Å². The topological polar surface area (TPSA) is 71.1 Å². The average Bonchev–Trinajstić information content (AvgIpc) is 3.27. The molecule has 4 rings (SSSR count). The summed E-state index contributed by atoms with van der Waals surface area (Å²) in [5.74, 6) is 2.21. The van der Waals surface area contributed by atoms with Crippen LogP contribution in [0.5, 0.6) is 11.5 Å². The number of nitrogens with zero attached hydrogens (tertiary/aromatic N) is 2. The Morgan fingerprint density at radius 2 is 1.61 bits per heavy atom. The molecule has 31 heavy (non-hydrogen) atoms. The van der Waals surface area contributed by atoms with Crippen LogP contribution in [0, 0.1) is 11.8 Å². The van der Waals surface area contributed by atoms with Gasteiger partial charge in [-0.15, -0.1) is 0 Å². The van der Waals surface area contributed by atoms with Gasteiger partial charge in [-0.25, -0.2) is 0 Å². The maximum atomic E-state index is 13.4. The molecule has 2 amide bonds. The SMILES string of the molecule is COc1ccc(NC(=O)[C@H](C2CCCC2)N2CCN(C(=O)C3CCC3)CC2)cc1OC. The van der Waals surface area contributed by atoms with E-state index < -0.39 is 0 Å². The van der Waals surface area contributed by atoms with Crippen LogP contribution in [0.25, 0.3) is 0 Å². The van der Waals surface area contributed by atoms with E-state index in [0.29, 0.717) is 29.0 Å². The maximum Gasteiger partial charge on any atom is 0.242 e. The van der Waals surface area contributed by atoms with Crippen LogP contribution in [-0.4, -0.2) is 68.1 Å². The van der Waals surface area contributed by atoms with Crippen molar-refractivity contribution in [3.05, 3.63) is 18.2 Å². The molecule has 1 aliphatic heterocycles. The highest BCUT2D eigenvalue weighted by molar-refractivity contribution is 5.95. The number of rotatable bonds is 7. The smallest absolute Gasteiger partial charge is 0.242 e. The lowest BCUT2D eigenvalue weighted by molar-refractivity contribution is -0.140. The number of methoxy groups -OCH3 is 2. The molecule has 0 aromatic heterocycles. The Bertz CT molecular complexity index is 781. The third-order valence-electron chi connectivity index (χ3n) is 7.24. The van der Waals surface area contributed by atoms with E-state index >= 15 is 0 Å². The van der Waals surface area contributed by atoms with Crippen molar-refractivity contribution in [2.45, 2.75) is 51.0 Å². The average molecular weight is 430 g/mol. The molecule has 1 aromatic rings. The van der Waals surface area contributed by atoms with Gasteiger partial charge in [0.05, 0.1) is 20.3 Å². The third kappa shape index (κ3) is 4.81. The van der Waals surface area contributed by atoms with Gasteiger partial charge in [-0.3, -0.25) is 14.5 Å². The Morgan fingerprint density at radius 3 is 2.19 bits per heavy atom. The molecule has 1 N–H and O–H groups in total. The lowest BCUT2D eigenvalue weighted by Gasteiger charge is -2.42. The summed E-state index contributed by atoms with van der Waals surface area (Å²) in [6, 6.07) is 5.30. The fourth-order valence-electron chi connectivity index (χ4n) is 5.22. The second-order valence-electron chi connectivity index (χ2n) is 9.04. The summed E-state index contributed by atoms with van der Waals surface area (Å²) < 4.78 is 10.7.